The number of halogens is 8. The van der Waals surface area contributed by atoms with Gasteiger partial charge in [0.1, 0.15) is 5.41 Å². The average Bonchev–Trinajstić information content (AvgIpc) is 2.76. The summed E-state index contributed by atoms with van der Waals surface area (Å²) in [4.78, 5) is 12.2. The SMILES string of the molecule is CCC(C)(C(=O)OC(Cl)(Cl)C1(Cl)OC1(Cl)Cl)C(Cl)(Cl)Cl. The lowest BCUT2D eigenvalue weighted by Gasteiger charge is -2.35. The summed E-state index contributed by atoms with van der Waals surface area (Å²) in [5, 5.41) is -2.02. The van der Waals surface area contributed by atoms with Gasteiger partial charge in [-0.1, -0.05) is 99.7 Å². The van der Waals surface area contributed by atoms with Crippen molar-refractivity contribution in [2.45, 2.75) is 38.2 Å². The van der Waals surface area contributed by atoms with Gasteiger partial charge in [-0.15, -0.1) is 0 Å². The van der Waals surface area contributed by atoms with Crippen LogP contribution in [0.2, 0.25) is 0 Å². The summed E-state index contributed by atoms with van der Waals surface area (Å²) in [5.41, 5.74) is -1.52. The minimum atomic E-state index is -2.37. The van der Waals surface area contributed by atoms with Crippen molar-refractivity contribution in [3.63, 3.8) is 0 Å². The largest absolute Gasteiger partial charge is 0.423 e. The van der Waals surface area contributed by atoms with Crippen LogP contribution in [0.25, 0.3) is 0 Å². The van der Waals surface area contributed by atoms with Gasteiger partial charge in [-0.05, 0) is 13.3 Å². The van der Waals surface area contributed by atoms with Gasteiger partial charge >= 0.3 is 10.5 Å². The van der Waals surface area contributed by atoms with Crippen LogP contribution < -0.4 is 0 Å². The number of hydrogen-bond acceptors (Lipinski definition) is 3. The van der Waals surface area contributed by atoms with Gasteiger partial charge in [-0.25, -0.2) is 0 Å². The lowest BCUT2D eigenvalue weighted by atomic mass is 9.89. The van der Waals surface area contributed by atoms with Crippen molar-refractivity contribution in [3.05, 3.63) is 0 Å². The van der Waals surface area contributed by atoms with E-state index < -0.39 is 29.3 Å². The molecular weight excluding hydrogens is 440 g/mol. The zero-order chi connectivity index (χ0) is 16.2. The average molecular weight is 448 g/mol. The highest BCUT2D eigenvalue weighted by atomic mass is 35.6. The molecule has 11 heteroatoms. The number of rotatable bonds is 4. The van der Waals surface area contributed by atoms with Crippen LogP contribution in [-0.2, 0) is 14.3 Å². The summed E-state index contributed by atoms with van der Waals surface area (Å²) >= 11 is 46.1. The fourth-order valence-corrected chi connectivity index (χ4v) is 3.18. The molecule has 1 heterocycles. The molecule has 0 N–H and O–H groups in total. The van der Waals surface area contributed by atoms with Gasteiger partial charge < -0.3 is 9.47 Å². The van der Waals surface area contributed by atoms with E-state index >= 15 is 0 Å². The Morgan fingerprint density at radius 1 is 1.15 bits per heavy atom. The monoisotopic (exact) mass is 444 g/mol. The Labute approximate surface area is 155 Å². The van der Waals surface area contributed by atoms with Crippen LogP contribution in [-0.4, -0.2) is 23.9 Å². The lowest BCUT2D eigenvalue weighted by Crippen LogP contribution is -2.47. The zero-order valence-corrected chi connectivity index (χ0v) is 16.0. The molecule has 0 amide bonds. The molecule has 0 aliphatic carbocycles. The highest BCUT2D eigenvalue weighted by Crippen LogP contribution is 2.66. The first-order chi connectivity index (χ1) is 8.65. The maximum Gasteiger partial charge on any atom is 0.318 e. The molecule has 0 spiro atoms. The molecule has 1 aliphatic rings. The third-order valence-electron chi connectivity index (χ3n) is 2.98. The first-order valence-electron chi connectivity index (χ1n) is 5.09. The number of carbonyl (C=O) groups excluding carboxylic acids is 1. The van der Waals surface area contributed by atoms with E-state index in [4.69, 9.17) is 102 Å². The number of ether oxygens (including phenoxy) is 2. The van der Waals surface area contributed by atoms with Gasteiger partial charge in [0.15, 0.2) is 0 Å². The number of alkyl halides is 8. The Hall–Kier alpha value is 1.75. The Morgan fingerprint density at radius 3 is 1.80 bits per heavy atom. The summed E-state index contributed by atoms with van der Waals surface area (Å²) in [7, 11) is 0. The molecule has 0 bridgehead atoms. The standard InChI is InChI=1S/C9H8Cl8O3/c1-3-5(2,7(11,12)13)4(18)19-8(14,15)6(10)9(16,17)20-6/h3H2,1-2H3. The minimum Gasteiger partial charge on any atom is -0.423 e. The highest BCUT2D eigenvalue weighted by molar-refractivity contribution is 6.69. The molecule has 1 aliphatic heterocycles. The molecule has 1 fully saturated rings. The summed E-state index contributed by atoms with van der Waals surface area (Å²) in [6.07, 6.45) is 0.134. The summed E-state index contributed by atoms with van der Waals surface area (Å²) < 4.78 is 3.41. The van der Waals surface area contributed by atoms with Gasteiger partial charge in [-0.3, -0.25) is 4.79 Å². The topological polar surface area (TPSA) is 38.8 Å². The quantitative estimate of drug-likeness (QED) is 0.322. The van der Waals surface area contributed by atoms with Crippen LogP contribution in [0.3, 0.4) is 0 Å². The number of carbonyl (C=O) groups is 1. The summed E-state index contributed by atoms with van der Waals surface area (Å²) in [6, 6.07) is 0. The van der Waals surface area contributed by atoms with E-state index in [9.17, 15) is 4.79 Å². The van der Waals surface area contributed by atoms with Crippen molar-refractivity contribution in [2.24, 2.45) is 5.41 Å². The lowest BCUT2D eigenvalue weighted by molar-refractivity contribution is -0.160. The van der Waals surface area contributed by atoms with Crippen LogP contribution in [0.5, 0.6) is 0 Å². The molecule has 0 radical (unpaired) electrons. The number of esters is 1. The Balaban J connectivity index is 2.96. The predicted molar refractivity (Wildman–Crippen MR) is 83.3 cm³/mol. The van der Waals surface area contributed by atoms with E-state index in [2.05, 4.69) is 0 Å². The Bertz CT molecular complexity index is 420. The summed E-state index contributed by atoms with van der Waals surface area (Å²) in [5.74, 6) is -0.996. The maximum absolute atomic E-state index is 12.2. The molecule has 2 unspecified atom stereocenters. The Kier molecular flexibility index (Phi) is 5.62. The predicted octanol–water partition coefficient (Wildman–Crippen LogP) is 5.54. The molecule has 2 atom stereocenters. The zero-order valence-electron chi connectivity index (χ0n) is 9.96. The van der Waals surface area contributed by atoms with Gasteiger partial charge in [0.05, 0.1) is 0 Å². The fraction of sp³-hybridized carbons (Fsp3) is 0.889. The molecule has 1 rings (SSSR count). The van der Waals surface area contributed by atoms with Crippen molar-refractivity contribution in [1.29, 1.82) is 0 Å². The molecule has 1 saturated heterocycles. The second kappa shape index (κ2) is 5.68. The van der Waals surface area contributed by atoms with Crippen LogP contribution in [0.4, 0.5) is 0 Å². The van der Waals surface area contributed by atoms with Gasteiger partial charge in [0.25, 0.3) is 9.58 Å². The van der Waals surface area contributed by atoms with Crippen molar-refractivity contribution in [3.8, 4) is 0 Å². The first-order valence-corrected chi connectivity index (χ1v) is 8.12. The van der Waals surface area contributed by atoms with Crippen molar-refractivity contribution < 1.29 is 14.3 Å². The smallest absolute Gasteiger partial charge is 0.318 e. The number of hydrogen-bond donors (Lipinski definition) is 0. The normalized spacial score (nSPS) is 28.7. The molecule has 0 aromatic rings. The van der Waals surface area contributed by atoms with E-state index in [-0.39, 0.29) is 6.42 Å². The van der Waals surface area contributed by atoms with Crippen LogP contribution in [0.1, 0.15) is 20.3 Å². The van der Waals surface area contributed by atoms with Crippen LogP contribution in [0.15, 0.2) is 0 Å². The van der Waals surface area contributed by atoms with E-state index in [1.165, 1.54) is 6.92 Å². The fourth-order valence-electron chi connectivity index (χ4n) is 1.14. The van der Waals surface area contributed by atoms with E-state index in [0.717, 1.165) is 0 Å². The van der Waals surface area contributed by atoms with Gasteiger partial charge in [0, 0.05) is 0 Å². The van der Waals surface area contributed by atoms with Crippen LogP contribution in [0, 0.1) is 5.41 Å². The van der Waals surface area contributed by atoms with Crippen molar-refractivity contribution in [2.75, 3.05) is 0 Å². The van der Waals surface area contributed by atoms with Crippen LogP contribution >= 0.6 is 92.8 Å². The van der Waals surface area contributed by atoms with E-state index in [1.54, 1.807) is 6.92 Å². The second-order valence-electron chi connectivity index (χ2n) is 4.30. The second-order valence-corrected chi connectivity index (χ2v) is 9.63. The molecule has 118 valence electrons. The molecule has 0 aromatic carbocycles. The Morgan fingerprint density at radius 2 is 1.55 bits per heavy atom. The van der Waals surface area contributed by atoms with E-state index in [1.807, 2.05) is 0 Å². The molecule has 20 heavy (non-hydrogen) atoms. The molecular formula is C9H8Cl8O3. The molecule has 0 saturated carbocycles. The van der Waals surface area contributed by atoms with E-state index in [0.29, 0.717) is 0 Å². The van der Waals surface area contributed by atoms with Crippen molar-refractivity contribution >= 4 is 98.8 Å². The molecule has 0 aromatic heterocycles. The van der Waals surface area contributed by atoms with Crippen molar-refractivity contribution in [1.82, 2.24) is 0 Å². The number of epoxide rings is 1. The molecule has 3 nitrogen and oxygen atoms in total. The minimum absolute atomic E-state index is 0.134. The third kappa shape index (κ3) is 3.18. The maximum atomic E-state index is 12.2. The first kappa shape index (κ1) is 19.8. The van der Waals surface area contributed by atoms with Gasteiger partial charge in [0.2, 0.25) is 3.79 Å². The highest BCUT2D eigenvalue weighted by Gasteiger charge is 2.81. The van der Waals surface area contributed by atoms with Gasteiger partial charge in [-0.2, -0.15) is 0 Å². The third-order valence-corrected chi connectivity index (χ3v) is 6.60. The summed E-state index contributed by atoms with van der Waals surface area (Å²) in [6.45, 7) is 2.99.